The van der Waals surface area contributed by atoms with Gasteiger partial charge in [0.1, 0.15) is 4.99 Å². The van der Waals surface area contributed by atoms with Gasteiger partial charge in [0, 0.05) is 23.1 Å². The van der Waals surface area contributed by atoms with Crippen molar-refractivity contribution < 1.29 is 0 Å². The first-order valence-electron chi connectivity index (χ1n) is 6.98. The lowest BCUT2D eigenvalue weighted by Crippen LogP contribution is -2.12. The van der Waals surface area contributed by atoms with Gasteiger partial charge in [-0.05, 0) is 31.0 Å². The summed E-state index contributed by atoms with van der Waals surface area (Å²) in [7, 11) is 0. The normalized spacial score (nSPS) is 14.5. The molecule has 0 radical (unpaired) electrons. The zero-order valence-electron chi connectivity index (χ0n) is 11.4. The SMILES string of the molecule is NC(=S)c1cc(-n2ccc(C3CC3)n2)nc2ccccc12. The average molecular weight is 294 g/mol. The van der Waals surface area contributed by atoms with Crippen molar-refractivity contribution >= 4 is 28.1 Å². The Bertz CT molecular complexity index is 848. The molecule has 1 aromatic carbocycles. The Balaban J connectivity index is 1.89. The Labute approximate surface area is 127 Å². The molecule has 0 unspecified atom stereocenters. The van der Waals surface area contributed by atoms with E-state index in [4.69, 9.17) is 18.0 Å². The first-order valence-corrected chi connectivity index (χ1v) is 7.39. The average Bonchev–Trinajstić information content (AvgIpc) is 3.23. The summed E-state index contributed by atoms with van der Waals surface area (Å²) in [5.41, 5.74) is 8.72. The van der Waals surface area contributed by atoms with Gasteiger partial charge < -0.3 is 5.73 Å². The van der Waals surface area contributed by atoms with Crippen LogP contribution in [-0.4, -0.2) is 19.8 Å². The molecule has 0 bridgehead atoms. The summed E-state index contributed by atoms with van der Waals surface area (Å²) in [5.74, 6) is 1.38. The number of para-hydroxylation sites is 1. The van der Waals surface area contributed by atoms with Crippen LogP contribution in [0.3, 0.4) is 0 Å². The number of pyridine rings is 1. The highest BCUT2D eigenvalue weighted by molar-refractivity contribution is 7.80. The van der Waals surface area contributed by atoms with Crippen LogP contribution >= 0.6 is 12.2 Å². The van der Waals surface area contributed by atoms with E-state index in [0.29, 0.717) is 10.9 Å². The number of hydrogen-bond acceptors (Lipinski definition) is 3. The summed E-state index contributed by atoms with van der Waals surface area (Å²) >= 11 is 5.18. The van der Waals surface area contributed by atoms with Crippen LogP contribution in [0.2, 0.25) is 0 Å². The van der Waals surface area contributed by atoms with E-state index in [1.807, 2.05) is 41.2 Å². The third-order valence-electron chi connectivity index (χ3n) is 3.81. The van der Waals surface area contributed by atoms with Crippen LogP contribution in [0.5, 0.6) is 0 Å². The van der Waals surface area contributed by atoms with Crippen LogP contribution in [0.4, 0.5) is 0 Å². The smallest absolute Gasteiger partial charge is 0.154 e. The molecule has 1 saturated carbocycles. The first kappa shape index (κ1) is 12.5. The van der Waals surface area contributed by atoms with Gasteiger partial charge in [-0.3, -0.25) is 0 Å². The molecule has 4 nitrogen and oxygen atoms in total. The van der Waals surface area contributed by atoms with E-state index in [0.717, 1.165) is 28.0 Å². The number of thiocarbonyl (C=S) groups is 1. The van der Waals surface area contributed by atoms with Crippen LogP contribution in [0.1, 0.15) is 30.0 Å². The molecule has 0 spiro atoms. The minimum atomic E-state index is 0.379. The Hall–Kier alpha value is -2.27. The van der Waals surface area contributed by atoms with Crippen molar-refractivity contribution in [3.8, 4) is 5.82 Å². The maximum absolute atomic E-state index is 5.86. The zero-order chi connectivity index (χ0) is 14.4. The van der Waals surface area contributed by atoms with E-state index >= 15 is 0 Å². The third kappa shape index (κ3) is 2.19. The Morgan fingerprint density at radius 1 is 1.24 bits per heavy atom. The molecule has 2 N–H and O–H groups in total. The lowest BCUT2D eigenvalue weighted by Gasteiger charge is -2.08. The molecule has 1 fully saturated rings. The standard InChI is InChI=1S/C16H14N4S/c17-16(21)12-9-15(18-14-4-2-1-3-11(12)14)20-8-7-13(19-20)10-5-6-10/h1-4,7-10H,5-6H2,(H2,17,21). The molecule has 0 atom stereocenters. The van der Waals surface area contributed by atoms with E-state index in [1.165, 1.54) is 12.8 Å². The summed E-state index contributed by atoms with van der Waals surface area (Å²) in [5, 5.41) is 5.60. The summed E-state index contributed by atoms with van der Waals surface area (Å²) in [6.07, 6.45) is 4.43. The number of rotatable bonds is 3. The molecule has 0 aliphatic heterocycles. The molecular formula is C16H14N4S. The fraction of sp³-hybridized carbons (Fsp3) is 0.188. The van der Waals surface area contributed by atoms with Crippen molar-refractivity contribution in [2.24, 2.45) is 5.73 Å². The third-order valence-corrected chi connectivity index (χ3v) is 4.03. The van der Waals surface area contributed by atoms with E-state index in [9.17, 15) is 0 Å². The first-order chi connectivity index (χ1) is 10.2. The van der Waals surface area contributed by atoms with Gasteiger partial charge in [0.15, 0.2) is 5.82 Å². The number of nitrogens with zero attached hydrogens (tertiary/aromatic N) is 3. The second kappa shape index (κ2) is 4.63. The molecule has 1 aliphatic rings. The minimum absolute atomic E-state index is 0.379. The van der Waals surface area contributed by atoms with Gasteiger partial charge >= 0.3 is 0 Å². The van der Waals surface area contributed by atoms with Crippen LogP contribution in [-0.2, 0) is 0 Å². The van der Waals surface area contributed by atoms with Crippen LogP contribution < -0.4 is 5.73 Å². The molecule has 2 heterocycles. The molecule has 2 aromatic heterocycles. The topological polar surface area (TPSA) is 56.7 Å². The van der Waals surface area contributed by atoms with Crippen LogP contribution in [0.25, 0.3) is 16.7 Å². The lowest BCUT2D eigenvalue weighted by molar-refractivity contribution is 0.817. The van der Waals surface area contributed by atoms with Gasteiger partial charge in [-0.2, -0.15) is 5.10 Å². The maximum atomic E-state index is 5.86. The Kier molecular flexibility index (Phi) is 2.75. The molecule has 5 heteroatoms. The number of benzene rings is 1. The van der Waals surface area contributed by atoms with E-state index in [-0.39, 0.29) is 0 Å². The van der Waals surface area contributed by atoms with Crippen molar-refractivity contribution in [2.75, 3.05) is 0 Å². The molecule has 21 heavy (non-hydrogen) atoms. The summed E-state index contributed by atoms with van der Waals surface area (Å²) < 4.78 is 1.81. The van der Waals surface area contributed by atoms with Crippen LogP contribution in [0, 0.1) is 0 Å². The number of nitrogens with two attached hydrogens (primary N) is 1. The number of fused-ring (bicyclic) bond motifs is 1. The Morgan fingerprint density at radius 2 is 2.05 bits per heavy atom. The highest BCUT2D eigenvalue weighted by Gasteiger charge is 2.26. The summed E-state index contributed by atoms with van der Waals surface area (Å²) in [6, 6.07) is 11.8. The van der Waals surface area contributed by atoms with Crippen molar-refractivity contribution in [1.29, 1.82) is 0 Å². The van der Waals surface area contributed by atoms with Gasteiger partial charge in [0.2, 0.25) is 0 Å². The molecule has 0 saturated heterocycles. The van der Waals surface area contributed by atoms with E-state index < -0.39 is 0 Å². The highest BCUT2D eigenvalue weighted by atomic mass is 32.1. The lowest BCUT2D eigenvalue weighted by atomic mass is 10.1. The predicted octanol–water partition coefficient (Wildman–Crippen LogP) is 2.93. The zero-order valence-corrected chi connectivity index (χ0v) is 12.2. The highest BCUT2D eigenvalue weighted by Crippen LogP contribution is 2.39. The molecule has 3 aromatic rings. The van der Waals surface area contributed by atoms with Gasteiger partial charge in [0.25, 0.3) is 0 Å². The Morgan fingerprint density at radius 3 is 2.81 bits per heavy atom. The molecular weight excluding hydrogens is 280 g/mol. The molecule has 1 aliphatic carbocycles. The second-order valence-corrected chi connectivity index (χ2v) is 5.81. The molecule has 4 rings (SSSR count). The van der Waals surface area contributed by atoms with Gasteiger partial charge in [-0.25, -0.2) is 9.67 Å². The van der Waals surface area contributed by atoms with Crippen LogP contribution in [0.15, 0.2) is 42.6 Å². The van der Waals surface area contributed by atoms with E-state index in [2.05, 4.69) is 16.1 Å². The van der Waals surface area contributed by atoms with Crippen molar-refractivity contribution in [1.82, 2.24) is 14.8 Å². The quantitative estimate of drug-likeness (QED) is 0.755. The van der Waals surface area contributed by atoms with Crippen molar-refractivity contribution in [3.05, 3.63) is 53.9 Å². The van der Waals surface area contributed by atoms with Gasteiger partial charge in [-0.15, -0.1) is 0 Å². The molecule has 104 valence electrons. The largest absolute Gasteiger partial charge is 0.389 e. The fourth-order valence-electron chi connectivity index (χ4n) is 2.55. The number of hydrogen-bond donors (Lipinski definition) is 1. The summed E-state index contributed by atoms with van der Waals surface area (Å²) in [6.45, 7) is 0. The monoisotopic (exact) mass is 294 g/mol. The van der Waals surface area contributed by atoms with Crippen molar-refractivity contribution in [2.45, 2.75) is 18.8 Å². The predicted molar refractivity (Wildman–Crippen MR) is 86.7 cm³/mol. The van der Waals surface area contributed by atoms with E-state index in [1.54, 1.807) is 0 Å². The second-order valence-electron chi connectivity index (χ2n) is 5.37. The summed E-state index contributed by atoms with van der Waals surface area (Å²) in [4.78, 5) is 5.05. The number of aromatic nitrogens is 3. The van der Waals surface area contributed by atoms with Crippen molar-refractivity contribution in [3.63, 3.8) is 0 Å². The molecule has 0 amide bonds. The van der Waals surface area contributed by atoms with Gasteiger partial charge in [0.05, 0.1) is 11.2 Å². The van der Waals surface area contributed by atoms with Gasteiger partial charge in [-0.1, -0.05) is 30.4 Å². The minimum Gasteiger partial charge on any atom is -0.389 e. The maximum Gasteiger partial charge on any atom is 0.154 e. The fourth-order valence-corrected chi connectivity index (χ4v) is 2.71.